The number of fused-ring (bicyclic) bond motifs is 4. The van der Waals surface area contributed by atoms with Gasteiger partial charge >= 0.3 is 175 Å². The van der Waals surface area contributed by atoms with Gasteiger partial charge in [0.1, 0.15) is 18.3 Å². The zero-order valence-corrected chi connectivity index (χ0v) is 45.5. The molecule has 1 saturated carbocycles. The van der Waals surface area contributed by atoms with Crippen molar-refractivity contribution in [2.75, 3.05) is 41.2 Å². The van der Waals surface area contributed by atoms with Crippen LogP contribution in [0.25, 0.3) is 0 Å². The smallest absolute Gasteiger partial charge is 0.386 e. The van der Waals surface area contributed by atoms with Crippen LogP contribution in [0.15, 0.2) is 47.6 Å². The van der Waals surface area contributed by atoms with Crippen LogP contribution in [0.1, 0.15) is 132 Å². The molecule has 1 amide bonds. The van der Waals surface area contributed by atoms with Crippen molar-refractivity contribution in [3.63, 3.8) is 0 Å². The van der Waals surface area contributed by atoms with Gasteiger partial charge in [0.25, 0.3) is 11.7 Å². The van der Waals surface area contributed by atoms with Crippen molar-refractivity contribution in [2.45, 2.75) is 193 Å². The summed E-state index contributed by atoms with van der Waals surface area (Å²) in [7, 11) is 2.04. The molecule has 4 heterocycles. The van der Waals surface area contributed by atoms with Crippen LogP contribution in [-0.4, -0.2) is 145 Å². The number of epoxide rings is 1. The molecule has 6 unspecified atom stereocenters. The van der Waals surface area contributed by atoms with Crippen molar-refractivity contribution < 1.29 is 62.5 Å². The first-order chi connectivity index (χ1) is 33.0. The van der Waals surface area contributed by atoms with E-state index in [2.05, 4.69) is 26.8 Å². The number of aliphatic hydroxyl groups excluding tert-OH is 1. The Labute approximate surface area is 419 Å². The van der Waals surface area contributed by atoms with Gasteiger partial charge < -0.3 is 29.2 Å². The van der Waals surface area contributed by atoms with E-state index in [0.29, 0.717) is 56.9 Å². The van der Waals surface area contributed by atoms with Crippen molar-refractivity contribution in [1.82, 2.24) is 4.90 Å². The second-order valence-electron chi connectivity index (χ2n) is 22.4. The minimum absolute atomic E-state index is 0.0164. The molecule has 0 aromatic heterocycles. The van der Waals surface area contributed by atoms with E-state index < -0.39 is 67.3 Å². The van der Waals surface area contributed by atoms with Gasteiger partial charge in [-0.3, -0.25) is 9.59 Å². The summed E-state index contributed by atoms with van der Waals surface area (Å²) < 4.78 is 36.1. The molecule has 17 atom stereocenters. The third-order valence-electron chi connectivity index (χ3n) is 16.2. The summed E-state index contributed by atoms with van der Waals surface area (Å²) in [5.74, 6) is -5.75. The fourth-order valence-electron chi connectivity index (χ4n) is 11.8. The topological polar surface area (TPSA) is 191 Å². The van der Waals surface area contributed by atoms with Gasteiger partial charge in [-0.1, -0.05) is 51.2 Å². The summed E-state index contributed by atoms with van der Waals surface area (Å²) in [5.41, 5.74) is 1.53. The van der Waals surface area contributed by atoms with E-state index in [9.17, 15) is 34.3 Å². The number of rotatable bonds is 8. The number of ketones is 3. The van der Waals surface area contributed by atoms with Gasteiger partial charge in [-0.05, 0) is 68.9 Å². The monoisotopic (exact) mass is 1000 g/mol. The van der Waals surface area contributed by atoms with Crippen LogP contribution in [0.2, 0.25) is 0 Å². The van der Waals surface area contributed by atoms with Gasteiger partial charge in [0.2, 0.25) is 5.79 Å². The number of carbonyl (C=O) groups is 4. The zero-order valence-electron chi connectivity index (χ0n) is 44.5. The molecule has 70 heavy (non-hydrogen) atoms. The minimum Gasteiger partial charge on any atom is -0.386 e. The number of ether oxygens (including phenoxy) is 5. The van der Waals surface area contributed by atoms with E-state index in [4.69, 9.17) is 28.2 Å². The summed E-state index contributed by atoms with van der Waals surface area (Å²) in [4.78, 5) is 69.8. The first kappa shape index (κ1) is 58.4. The average molecular weight is 1000 g/mol. The minimum atomic E-state index is -2.81. The summed E-state index contributed by atoms with van der Waals surface area (Å²) >= 11 is 0. The maximum absolute atomic E-state index is 14.8. The quantitative estimate of drug-likeness (QED) is 0.0922. The molecule has 398 valence electrons. The number of allylic oxidation sites excluding steroid dienone is 6. The molecule has 0 radical (unpaired) electrons. The van der Waals surface area contributed by atoms with E-state index in [1.807, 2.05) is 38.2 Å². The molecule has 3 N–H and O–H groups in total. The number of piperidine rings is 1. The van der Waals surface area contributed by atoms with Crippen LogP contribution in [0.4, 0.5) is 0 Å². The van der Waals surface area contributed by atoms with Gasteiger partial charge in [0, 0.05) is 33.1 Å². The summed E-state index contributed by atoms with van der Waals surface area (Å²) in [6.07, 6.45) is 15.4. The Bertz CT molecular complexity index is 1890. The first-order valence-electron chi connectivity index (χ1n) is 26.3. The van der Waals surface area contributed by atoms with Gasteiger partial charge in [0.15, 0.2) is 0 Å². The van der Waals surface area contributed by atoms with Crippen molar-refractivity contribution >= 4 is 31.0 Å². The fourth-order valence-corrected chi connectivity index (χ4v) is 12.8. The number of hydrogen-bond acceptors (Lipinski definition) is 13. The standard InChI is InChI=1S/C55H90NO13P/c1-33-18-14-13-15-19-34(2)47(64-8)32-42-23-21-39(7)55(62,68-42)53(60)54(61)56-25-17-16-20-43(56)45(58)31-41(35(3)28-40-22-24-46(48(29-40)65-9)69-70(11,12)63)30-44(57)36(4)27-37(5)49(59)51(66-10)52-50(67-52)38(6)26-33/h13-15,18-19,27,33,35-36,38-43,46-52,59,62-63,70H,16-17,20-26,28-32H2,1-12H3/b15-13+,18-14+,34-19+,37-27+/t33-,35?,36-,38?,39-,40?,41-,42+,43+,46-,47+,48-,49-,50?,51?,52?,55-/m1/s1. The predicted octanol–water partition coefficient (Wildman–Crippen LogP) is 7.90. The molecule has 4 aliphatic heterocycles. The van der Waals surface area contributed by atoms with Crippen LogP contribution < -0.4 is 0 Å². The number of aliphatic hydroxyl groups is 2. The van der Waals surface area contributed by atoms with Gasteiger partial charge in [0.05, 0.1) is 18.3 Å². The number of methoxy groups -OCH3 is 3. The number of amides is 1. The Morgan fingerprint density at radius 1 is 0.829 bits per heavy atom. The van der Waals surface area contributed by atoms with E-state index >= 15 is 0 Å². The number of hydrogen-bond donors (Lipinski definition) is 3. The number of nitrogens with zero attached hydrogens (tertiary/aromatic N) is 1. The Hall–Kier alpha value is -2.49. The van der Waals surface area contributed by atoms with Crippen LogP contribution >= 0.6 is 7.72 Å². The van der Waals surface area contributed by atoms with Crippen molar-refractivity contribution in [1.29, 1.82) is 0 Å². The number of carbonyl (C=O) groups excluding carboxylic acids is 4. The molecule has 4 fully saturated rings. The summed E-state index contributed by atoms with van der Waals surface area (Å²) in [6, 6.07) is -0.904. The Balaban J connectivity index is 1.45. The van der Waals surface area contributed by atoms with E-state index in [-0.39, 0.29) is 85.1 Å². The third kappa shape index (κ3) is 15.5. The van der Waals surface area contributed by atoms with E-state index in [1.165, 1.54) is 4.90 Å². The zero-order chi connectivity index (χ0) is 51.7. The SMILES string of the molecule is COC1C2OC2C(C)C[C@H](C)/C=C/C=C/C=C(\C)[C@@H](OC)C[C@@H]2CC[C@@H](C)[C@@](O)(O2)C(=O)C(=O)N2CCCC[C@H]2C(=O)C[C@H](C(C)CC2CC[C@@H](O[PH](C)(C)O)[C@H](OC)C2)CC(=O)[C@H](C)/C=C(\C)[C@H]1O. The molecule has 3 saturated heterocycles. The third-order valence-corrected chi connectivity index (χ3v) is 17.0. The number of Topliss-reactive ketones (excluding diaryl/α,β-unsaturated/α-hetero) is 3. The molecule has 1 aliphatic carbocycles. The molecular formula is C55H90NO13P. The molecule has 15 heteroatoms. The van der Waals surface area contributed by atoms with Crippen molar-refractivity contribution in [3.8, 4) is 0 Å². The molecule has 0 spiro atoms. The van der Waals surface area contributed by atoms with Gasteiger partial charge in [-0.2, -0.15) is 0 Å². The van der Waals surface area contributed by atoms with Crippen molar-refractivity contribution in [3.05, 3.63) is 47.6 Å². The van der Waals surface area contributed by atoms with Crippen LogP contribution in [0.3, 0.4) is 0 Å². The van der Waals surface area contributed by atoms with Gasteiger partial charge in [-0.25, -0.2) is 0 Å². The first-order valence-corrected chi connectivity index (χ1v) is 29.2. The Morgan fingerprint density at radius 2 is 1.54 bits per heavy atom. The van der Waals surface area contributed by atoms with Crippen molar-refractivity contribution in [2.24, 2.45) is 41.4 Å². The molecule has 5 rings (SSSR count). The molecule has 5 aliphatic rings. The Kier molecular flexibility index (Phi) is 21.8. The fraction of sp³-hybridized carbons (Fsp3) is 0.782. The molecular weight excluding hydrogens is 914 g/mol. The second kappa shape index (κ2) is 26.1. The average Bonchev–Trinajstić information content (AvgIpc) is 4.11. The maximum atomic E-state index is 14.8. The van der Waals surface area contributed by atoms with Crippen LogP contribution in [-0.2, 0) is 47.4 Å². The van der Waals surface area contributed by atoms with Gasteiger partial charge in [-0.15, -0.1) is 0 Å². The van der Waals surface area contributed by atoms with E-state index in [1.54, 1.807) is 54.6 Å². The molecule has 0 aromatic rings. The summed E-state index contributed by atoms with van der Waals surface area (Å²) in [6.45, 7) is 17.4. The second-order valence-corrected chi connectivity index (χ2v) is 25.5. The Morgan fingerprint density at radius 3 is 2.21 bits per heavy atom. The molecule has 14 nitrogen and oxygen atoms in total. The van der Waals surface area contributed by atoms with Crippen LogP contribution in [0, 0.1) is 41.4 Å². The summed E-state index contributed by atoms with van der Waals surface area (Å²) in [5, 5.41) is 23.7. The molecule has 2 bridgehead atoms. The van der Waals surface area contributed by atoms with E-state index in [0.717, 1.165) is 24.8 Å². The van der Waals surface area contributed by atoms with Crippen LogP contribution in [0.5, 0.6) is 0 Å². The normalized spacial score (nSPS) is 41.7. The molecule has 0 aromatic carbocycles. The predicted molar refractivity (Wildman–Crippen MR) is 273 cm³/mol.